The monoisotopic (exact) mass is 437 g/mol. The van der Waals surface area contributed by atoms with E-state index in [0.29, 0.717) is 22.0 Å². The van der Waals surface area contributed by atoms with Crippen molar-refractivity contribution in [2.75, 3.05) is 4.67 Å². The predicted octanol–water partition coefficient (Wildman–Crippen LogP) is 5.35. The quantitative estimate of drug-likeness (QED) is 0.561. The van der Waals surface area contributed by atoms with E-state index >= 15 is 0 Å². The Morgan fingerprint density at radius 1 is 1.07 bits per heavy atom. The van der Waals surface area contributed by atoms with E-state index in [0.717, 1.165) is 5.56 Å². The fourth-order valence-corrected chi connectivity index (χ4v) is 5.64. The van der Waals surface area contributed by atoms with E-state index in [4.69, 9.17) is 27.7 Å². The molecule has 0 fully saturated rings. The summed E-state index contributed by atoms with van der Waals surface area (Å²) in [4.78, 5) is 14.0. The molecule has 4 rings (SSSR count). The van der Waals surface area contributed by atoms with Crippen LogP contribution in [0.5, 0.6) is 5.75 Å². The summed E-state index contributed by atoms with van der Waals surface area (Å²) < 4.78 is 21.0. The normalized spacial score (nSPS) is 19.7. The maximum atomic E-state index is 14.0. The van der Waals surface area contributed by atoms with Crippen molar-refractivity contribution in [2.24, 2.45) is 0 Å². The van der Waals surface area contributed by atoms with Crippen LogP contribution in [0.25, 0.3) is 0 Å². The zero-order valence-corrected chi connectivity index (χ0v) is 16.8. The minimum Gasteiger partial charge on any atom is -0.627 e. The second-order valence-electron chi connectivity index (χ2n) is 6.34. The van der Waals surface area contributed by atoms with Crippen LogP contribution in [0.1, 0.15) is 17.0 Å². The molecule has 0 saturated carbocycles. The number of hydrogen-bond acceptors (Lipinski definition) is 4. The lowest BCUT2D eigenvalue weighted by Crippen LogP contribution is -2.40. The lowest BCUT2D eigenvalue weighted by atomic mass is 10.2. The molecule has 2 atom stereocenters. The van der Waals surface area contributed by atoms with Crippen molar-refractivity contribution in [3.05, 3.63) is 93.7 Å². The van der Waals surface area contributed by atoms with E-state index in [2.05, 4.69) is 0 Å². The maximum absolute atomic E-state index is 14.0. The van der Waals surface area contributed by atoms with Crippen LogP contribution in [0.4, 0.5) is 10.1 Å². The van der Waals surface area contributed by atoms with Gasteiger partial charge in [-0.1, -0.05) is 53.5 Å². The first-order valence-electron chi connectivity index (χ1n) is 8.42. The molecule has 1 aliphatic heterocycles. The van der Waals surface area contributed by atoms with Crippen molar-refractivity contribution in [1.82, 2.24) is 0 Å². The highest BCUT2D eigenvalue weighted by Gasteiger charge is 2.50. The van der Waals surface area contributed by atoms with Crippen molar-refractivity contribution in [2.45, 2.75) is 12.4 Å². The van der Waals surface area contributed by atoms with Crippen LogP contribution in [0, 0.1) is 5.82 Å². The van der Waals surface area contributed by atoms with Gasteiger partial charge in [0.25, 0.3) is 7.87 Å². The summed E-state index contributed by atoms with van der Waals surface area (Å²) in [6.07, 6.45) is 0. The van der Waals surface area contributed by atoms with Gasteiger partial charge < -0.3 is 14.5 Å². The average Bonchev–Trinajstić information content (AvgIpc) is 2.69. The number of halogens is 3. The van der Waals surface area contributed by atoms with Gasteiger partial charge in [0.15, 0.2) is 5.75 Å². The van der Waals surface area contributed by atoms with Crippen LogP contribution in [0.15, 0.2) is 66.7 Å². The Morgan fingerprint density at radius 2 is 1.79 bits per heavy atom. The second kappa shape index (κ2) is 7.51. The van der Waals surface area contributed by atoms with Gasteiger partial charge in [0.2, 0.25) is 5.85 Å². The number of aliphatic hydroxyl groups excluding tert-OH is 1. The Hall–Kier alpha value is -1.88. The summed E-state index contributed by atoms with van der Waals surface area (Å²) in [5.41, 5.74) is 1.57. The summed E-state index contributed by atoms with van der Waals surface area (Å²) in [6, 6.07) is 17.5. The van der Waals surface area contributed by atoms with E-state index in [9.17, 15) is 14.4 Å². The highest BCUT2D eigenvalue weighted by molar-refractivity contribution is 7.66. The SMILES string of the molecule is [O-][P+]1(C(O)c2ccc(Cl)cc2)Oc2ccccc2CN1c1ccc(F)c(Cl)c1. The molecule has 4 nitrogen and oxygen atoms in total. The Morgan fingerprint density at radius 3 is 2.50 bits per heavy atom. The molecule has 1 N–H and O–H groups in total. The second-order valence-corrected chi connectivity index (χ2v) is 9.47. The first-order chi connectivity index (χ1) is 13.4. The molecule has 0 saturated heterocycles. The minimum absolute atomic E-state index is 0.108. The van der Waals surface area contributed by atoms with Crippen molar-refractivity contribution in [3.63, 3.8) is 0 Å². The van der Waals surface area contributed by atoms with Gasteiger partial charge in [0, 0.05) is 16.1 Å². The zero-order valence-electron chi connectivity index (χ0n) is 14.4. The molecule has 28 heavy (non-hydrogen) atoms. The Balaban J connectivity index is 1.82. The third-order valence-electron chi connectivity index (χ3n) is 4.54. The molecule has 0 aromatic heterocycles. The van der Waals surface area contributed by atoms with Gasteiger partial charge in [-0.3, -0.25) is 0 Å². The molecular weight excluding hydrogens is 423 g/mol. The summed E-state index contributed by atoms with van der Waals surface area (Å²) in [6.45, 7) is 0.208. The third-order valence-corrected chi connectivity index (χ3v) is 7.50. The smallest absolute Gasteiger partial charge is 0.280 e. The van der Waals surface area contributed by atoms with Crippen molar-refractivity contribution >= 4 is 36.8 Å². The molecule has 1 aliphatic rings. The number of rotatable bonds is 3. The highest BCUT2D eigenvalue weighted by Crippen LogP contribution is 2.68. The van der Waals surface area contributed by atoms with E-state index in [-0.39, 0.29) is 11.6 Å². The molecule has 144 valence electrons. The third kappa shape index (κ3) is 3.45. The number of anilines is 1. The number of fused-ring (bicyclic) bond motifs is 1. The van der Waals surface area contributed by atoms with Gasteiger partial charge in [0.1, 0.15) is 5.82 Å². The highest BCUT2D eigenvalue weighted by atomic mass is 35.5. The molecule has 0 bridgehead atoms. The van der Waals surface area contributed by atoms with E-state index < -0.39 is 19.5 Å². The maximum Gasteiger partial charge on any atom is 0.280 e. The van der Waals surface area contributed by atoms with Crippen LogP contribution in [-0.4, -0.2) is 5.11 Å². The fraction of sp³-hybridized carbons (Fsp3) is 0.100. The van der Waals surface area contributed by atoms with E-state index in [1.807, 2.05) is 12.1 Å². The van der Waals surface area contributed by atoms with Gasteiger partial charge in [-0.25, -0.2) is 9.06 Å². The number of hydrogen-bond donors (Lipinski definition) is 1. The van der Waals surface area contributed by atoms with Gasteiger partial charge in [-0.05, 0) is 36.4 Å². The number of aliphatic hydroxyl groups is 1. The molecule has 0 spiro atoms. The Labute approximate surface area is 172 Å². The first kappa shape index (κ1) is 19.4. The predicted molar refractivity (Wildman–Crippen MR) is 108 cm³/mol. The number of benzene rings is 3. The van der Waals surface area contributed by atoms with Crippen molar-refractivity contribution in [1.29, 1.82) is 0 Å². The number of nitrogens with zero attached hydrogens (tertiary/aromatic N) is 1. The van der Waals surface area contributed by atoms with Crippen LogP contribution >= 0.6 is 31.1 Å². The van der Waals surface area contributed by atoms with Crippen molar-refractivity contribution in [3.8, 4) is 5.75 Å². The first-order valence-corrected chi connectivity index (χ1v) is 10.8. The molecule has 3 aromatic carbocycles. The molecule has 3 aromatic rings. The summed E-state index contributed by atoms with van der Waals surface area (Å²) >= 11 is 11.8. The summed E-state index contributed by atoms with van der Waals surface area (Å²) in [5, 5.41) is 11.4. The fourth-order valence-electron chi connectivity index (χ4n) is 3.08. The zero-order chi connectivity index (χ0) is 19.9. The van der Waals surface area contributed by atoms with Gasteiger partial charge >= 0.3 is 0 Å². The largest absolute Gasteiger partial charge is 0.627 e. The minimum atomic E-state index is -3.88. The van der Waals surface area contributed by atoms with E-state index in [1.165, 1.54) is 22.9 Å². The molecular formula is C20H15Cl2FNO3P. The molecule has 0 amide bonds. The van der Waals surface area contributed by atoms with Crippen LogP contribution < -0.4 is 14.1 Å². The molecule has 1 heterocycles. The van der Waals surface area contributed by atoms with Crippen LogP contribution in [0.3, 0.4) is 0 Å². The van der Waals surface area contributed by atoms with Crippen molar-refractivity contribution < 1.29 is 18.9 Å². The summed E-state index contributed by atoms with van der Waals surface area (Å²) in [7, 11) is -3.88. The summed E-state index contributed by atoms with van der Waals surface area (Å²) in [5.74, 6) is -1.60. The van der Waals surface area contributed by atoms with E-state index in [1.54, 1.807) is 36.4 Å². The lowest BCUT2D eigenvalue weighted by Gasteiger charge is -2.44. The molecule has 0 radical (unpaired) electrons. The Bertz CT molecular complexity index is 1020. The van der Waals surface area contributed by atoms with Gasteiger partial charge in [-0.2, -0.15) is 0 Å². The average molecular weight is 438 g/mol. The van der Waals surface area contributed by atoms with Gasteiger partial charge in [0.05, 0.1) is 17.3 Å². The van der Waals surface area contributed by atoms with Gasteiger partial charge in [-0.15, -0.1) is 0 Å². The standard InChI is InChI=1S/C20H15Cl2FNO3P/c21-15-7-5-13(6-8-15)20(25)28(26)24(16-9-10-18(23)17(22)11-16)12-14-3-1-2-4-19(14)27-28/h1-11,20,25H,12H2. The van der Waals surface area contributed by atoms with Crippen LogP contribution in [-0.2, 0) is 6.54 Å². The topological polar surface area (TPSA) is 55.8 Å². The molecule has 0 aliphatic carbocycles. The molecule has 8 heteroatoms. The lowest BCUT2D eigenvalue weighted by molar-refractivity contribution is -0.196. The molecule has 2 unspecified atom stereocenters. The number of para-hydroxylation sites is 1. The Kier molecular flexibility index (Phi) is 5.21. The van der Waals surface area contributed by atoms with Crippen LogP contribution in [0.2, 0.25) is 10.0 Å².